The maximum absolute atomic E-state index is 12.4. The summed E-state index contributed by atoms with van der Waals surface area (Å²) in [5.41, 5.74) is 3.22. The van der Waals surface area contributed by atoms with Crippen molar-refractivity contribution in [3.05, 3.63) is 29.3 Å². The van der Waals surface area contributed by atoms with Crippen LogP contribution in [0.1, 0.15) is 37.8 Å². The molecule has 1 aliphatic heterocycles. The molecule has 1 amide bonds. The van der Waals surface area contributed by atoms with Gasteiger partial charge in [0.25, 0.3) is 0 Å². The van der Waals surface area contributed by atoms with E-state index in [-0.39, 0.29) is 11.9 Å². The van der Waals surface area contributed by atoms with Crippen LogP contribution in [0.5, 0.6) is 0 Å². The molecule has 1 fully saturated rings. The van der Waals surface area contributed by atoms with Crippen LogP contribution in [0.4, 0.5) is 5.69 Å². The third-order valence-electron chi connectivity index (χ3n) is 4.27. The van der Waals surface area contributed by atoms with Gasteiger partial charge in [-0.25, -0.2) is 0 Å². The maximum Gasteiger partial charge on any atom is 0.241 e. The Kier molecular flexibility index (Phi) is 4.81. The molecular weight excluding hydrogens is 248 g/mol. The van der Waals surface area contributed by atoms with Crippen molar-refractivity contribution in [2.75, 3.05) is 18.4 Å². The van der Waals surface area contributed by atoms with Crippen molar-refractivity contribution in [1.82, 2.24) is 4.90 Å². The summed E-state index contributed by atoms with van der Waals surface area (Å²) in [6.45, 7) is 10.4. The summed E-state index contributed by atoms with van der Waals surface area (Å²) in [6, 6.07) is 6.11. The SMILES string of the molecule is Cc1ccc(C)c(NC(=O)[C@@H](C)N2CCC[C@H](C)C2)c1. The normalized spacial score (nSPS) is 21.5. The second kappa shape index (κ2) is 6.40. The zero-order valence-electron chi connectivity index (χ0n) is 13.1. The van der Waals surface area contributed by atoms with E-state index in [9.17, 15) is 4.79 Å². The van der Waals surface area contributed by atoms with Crippen molar-refractivity contribution in [3.8, 4) is 0 Å². The molecule has 1 heterocycles. The molecule has 2 atom stereocenters. The average Bonchev–Trinajstić information content (AvgIpc) is 2.42. The van der Waals surface area contributed by atoms with Crippen LogP contribution in [0.2, 0.25) is 0 Å². The van der Waals surface area contributed by atoms with Crippen LogP contribution >= 0.6 is 0 Å². The maximum atomic E-state index is 12.4. The Hall–Kier alpha value is -1.35. The molecule has 1 aromatic rings. The van der Waals surface area contributed by atoms with Crippen LogP contribution in [0.25, 0.3) is 0 Å². The number of aryl methyl sites for hydroxylation is 2. The van der Waals surface area contributed by atoms with Gasteiger partial charge in [0.1, 0.15) is 0 Å². The molecule has 0 aliphatic carbocycles. The molecule has 1 aromatic carbocycles. The van der Waals surface area contributed by atoms with E-state index < -0.39 is 0 Å². The van der Waals surface area contributed by atoms with Gasteiger partial charge in [0.15, 0.2) is 0 Å². The van der Waals surface area contributed by atoms with E-state index in [2.05, 4.69) is 29.3 Å². The average molecular weight is 274 g/mol. The van der Waals surface area contributed by atoms with Gasteiger partial charge in [-0.1, -0.05) is 19.1 Å². The molecule has 1 saturated heterocycles. The highest BCUT2D eigenvalue weighted by Gasteiger charge is 2.25. The van der Waals surface area contributed by atoms with Crippen molar-refractivity contribution in [3.63, 3.8) is 0 Å². The summed E-state index contributed by atoms with van der Waals surface area (Å²) >= 11 is 0. The Morgan fingerprint density at radius 1 is 1.40 bits per heavy atom. The Labute approximate surface area is 122 Å². The second-order valence-electron chi connectivity index (χ2n) is 6.23. The van der Waals surface area contributed by atoms with Crippen LogP contribution in [-0.4, -0.2) is 29.9 Å². The molecule has 1 aliphatic rings. The van der Waals surface area contributed by atoms with E-state index >= 15 is 0 Å². The van der Waals surface area contributed by atoms with Gasteiger partial charge < -0.3 is 5.32 Å². The van der Waals surface area contributed by atoms with Crippen LogP contribution in [0.15, 0.2) is 18.2 Å². The Bertz CT molecular complexity index is 484. The van der Waals surface area contributed by atoms with Gasteiger partial charge in [-0.05, 0) is 63.3 Å². The fourth-order valence-corrected chi connectivity index (χ4v) is 2.85. The number of anilines is 1. The number of carbonyl (C=O) groups is 1. The first-order valence-electron chi connectivity index (χ1n) is 7.59. The largest absolute Gasteiger partial charge is 0.324 e. The predicted octanol–water partition coefficient (Wildman–Crippen LogP) is 3.36. The van der Waals surface area contributed by atoms with Crippen LogP contribution in [0, 0.1) is 19.8 Å². The molecule has 0 radical (unpaired) electrons. The van der Waals surface area contributed by atoms with Crippen molar-refractivity contribution in [1.29, 1.82) is 0 Å². The van der Waals surface area contributed by atoms with Gasteiger partial charge >= 0.3 is 0 Å². The first kappa shape index (κ1) is 15.0. The lowest BCUT2D eigenvalue weighted by atomic mass is 9.99. The zero-order chi connectivity index (χ0) is 14.7. The molecule has 0 aromatic heterocycles. The second-order valence-corrected chi connectivity index (χ2v) is 6.23. The standard InChI is InChI=1S/C17H26N2O/c1-12-7-8-14(3)16(10-12)18-17(20)15(4)19-9-5-6-13(2)11-19/h7-8,10,13,15H,5-6,9,11H2,1-4H3,(H,18,20)/t13-,15+/m0/s1. The molecule has 3 heteroatoms. The summed E-state index contributed by atoms with van der Waals surface area (Å²) in [7, 11) is 0. The van der Waals surface area contributed by atoms with Gasteiger partial charge in [0.2, 0.25) is 5.91 Å². The van der Waals surface area contributed by atoms with Crippen LogP contribution in [-0.2, 0) is 4.79 Å². The number of amides is 1. The van der Waals surface area contributed by atoms with Crippen LogP contribution in [0.3, 0.4) is 0 Å². The highest BCUT2D eigenvalue weighted by Crippen LogP contribution is 2.20. The fraction of sp³-hybridized carbons (Fsp3) is 0.588. The summed E-state index contributed by atoms with van der Waals surface area (Å²) in [4.78, 5) is 14.7. The smallest absolute Gasteiger partial charge is 0.241 e. The number of carbonyl (C=O) groups excluding carboxylic acids is 1. The zero-order valence-corrected chi connectivity index (χ0v) is 13.1. The highest BCUT2D eigenvalue weighted by molar-refractivity contribution is 5.95. The van der Waals surface area contributed by atoms with E-state index in [0.717, 1.165) is 24.3 Å². The number of piperidine rings is 1. The van der Waals surface area contributed by atoms with E-state index in [0.29, 0.717) is 5.92 Å². The molecule has 0 saturated carbocycles. The van der Waals surface area contributed by atoms with E-state index in [1.54, 1.807) is 0 Å². The summed E-state index contributed by atoms with van der Waals surface area (Å²) in [5.74, 6) is 0.799. The van der Waals surface area contributed by atoms with Crippen LogP contribution < -0.4 is 5.32 Å². The summed E-state index contributed by atoms with van der Waals surface area (Å²) in [6.07, 6.45) is 2.48. The van der Waals surface area contributed by atoms with Gasteiger partial charge in [0, 0.05) is 12.2 Å². The third-order valence-corrected chi connectivity index (χ3v) is 4.27. The quantitative estimate of drug-likeness (QED) is 0.916. The number of hydrogen-bond acceptors (Lipinski definition) is 2. The van der Waals surface area contributed by atoms with Crippen molar-refractivity contribution >= 4 is 11.6 Å². The topological polar surface area (TPSA) is 32.3 Å². The molecular formula is C17H26N2O. The van der Waals surface area contributed by atoms with E-state index in [4.69, 9.17) is 0 Å². The first-order valence-corrected chi connectivity index (χ1v) is 7.59. The van der Waals surface area contributed by atoms with E-state index in [1.807, 2.05) is 26.8 Å². The van der Waals surface area contributed by atoms with Gasteiger partial charge in [-0.15, -0.1) is 0 Å². The number of nitrogens with zero attached hydrogens (tertiary/aromatic N) is 1. The van der Waals surface area contributed by atoms with Gasteiger partial charge in [-0.2, -0.15) is 0 Å². The molecule has 0 bridgehead atoms. The number of nitrogens with one attached hydrogen (secondary N) is 1. The Morgan fingerprint density at radius 2 is 2.15 bits per heavy atom. The lowest BCUT2D eigenvalue weighted by Crippen LogP contribution is -2.46. The molecule has 1 N–H and O–H groups in total. The highest BCUT2D eigenvalue weighted by atomic mass is 16.2. The minimum absolute atomic E-state index is 0.0577. The number of hydrogen-bond donors (Lipinski definition) is 1. The van der Waals surface area contributed by atoms with Crippen molar-refractivity contribution in [2.24, 2.45) is 5.92 Å². The Balaban J connectivity index is 2.02. The summed E-state index contributed by atoms with van der Waals surface area (Å²) < 4.78 is 0. The predicted molar refractivity (Wildman–Crippen MR) is 84.0 cm³/mol. The van der Waals surface area contributed by atoms with Crippen molar-refractivity contribution in [2.45, 2.75) is 46.6 Å². The minimum Gasteiger partial charge on any atom is -0.324 e. The minimum atomic E-state index is -0.0577. The van der Waals surface area contributed by atoms with E-state index in [1.165, 1.54) is 18.4 Å². The molecule has 3 nitrogen and oxygen atoms in total. The molecule has 0 spiro atoms. The number of rotatable bonds is 3. The monoisotopic (exact) mass is 274 g/mol. The van der Waals surface area contributed by atoms with Gasteiger partial charge in [-0.3, -0.25) is 9.69 Å². The van der Waals surface area contributed by atoms with Crippen molar-refractivity contribution < 1.29 is 4.79 Å². The lowest BCUT2D eigenvalue weighted by molar-refractivity contribution is -0.121. The van der Waals surface area contributed by atoms with Gasteiger partial charge in [0.05, 0.1) is 6.04 Å². The molecule has 2 rings (SSSR count). The third kappa shape index (κ3) is 3.60. The number of likely N-dealkylation sites (tertiary alicyclic amines) is 1. The fourth-order valence-electron chi connectivity index (χ4n) is 2.85. The Morgan fingerprint density at radius 3 is 2.85 bits per heavy atom. The molecule has 110 valence electrons. The molecule has 20 heavy (non-hydrogen) atoms. The number of benzene rings is 1. The first-order chi connectivity index (χ1) is 9.47. The lowest BCUT2D eigenvalue weighted by Gasteiger charge is -2.34. The summed E-state index contributed by atoms with van der Waals surface area (Å²) in [5, 5.41) is 3.08. The molecule has 0 unspecified atom stereocenters.